The van der Waals surface area contributed by atoms with E-state index in [4.69, 9.17) is 0 Å². The molecule has 1 aliphatic heterocycles. The van der Waals surface area contributed by atoms with Crippen molar-refractivity contribution in [2.24, 2.45) is 0 Å². The standard InChI is InChI=1S/C17H24BrN3O4S/c1-26(24,25)10-4-8-19-16(22)15-7-3-9-21(15)17(23)20-12-13-5-2-6-14(18)11-13/h2,5-6,11,15H,3-4,7-10,12H2,1H3,(H,19,22)(H,20,23)/t15-/m0/s1. The second kappa shape index (κ2) is 9.36. The molecule has 0 aliphatic carbocycles. The van der Waals surface area contributed by atoms with Gasteiger partial charge in [-0.15, -0.1) is 0 Å². The lowest BCUT2D eigenvalue weighted by Gasteiger charge is -2.24. The molecular formula is C17H24BrN3O4S. The number of likely N-dealkylation sites (tertiary alicyclic amines) is 1. The Morgan fingerprint density at radius 1 is 1.31 bits per heavy atom. The summed E-state index contributed by atoms with van der Waals surface area (Å²) in [6.45, 7) is 1.21. The van der Waals surface area contributed by atoms with Crippen LogP contribution in [-0.4, -0.2) is 56.4 Å². The third-order valence-corrected chi connectivity index (χ3v) is 5.66. The molecule has 1 atom stereocenters. The highest BCUT2D eigenvalue weighted by Gasteiger charge is 2.33. The second-order valence-corrected chi connectivity index (χ2v) is 9.59. The van der Waals surface area contributed by atoms with E-state index in [0.29, 0.717) is 25.9 Å². The molecular weight excluding hydrogens is 422 g/mol. The van der Waals surface area contributed by atoms with Gasteiger partial charge in [0.25, 0.3) is 0 Å². The van der Waals surface area contributed by atoms with E-state index in [2.05, 4.69) is 26.6 Å². The molecule has 1 fully saturated rings. The van der Waals surface area contributed by atoms with E-state index in [1.54, 1.807) is 4.90 Å². The van der Waals surface area contributed by atoms with E-state index >= 15 is 0 Å². The van der Waals surface area contributed by atoms with Gasteiger partial charge < -0.3 is 15.5 Å². The molecule has 0 bridgehead atoms. The Morgan fingerprint density at radius 3 is 2.77 bits per heavy atom. The van der Waals surface area contributed by atoms with Crippen LogP contribution in [0.15, 0.2) is 28.7 Å². The summed E-state index contributed by atoms with van der Waals surface area (Å²) in [6.07, 6.45) is 2.92. The lowest BCUT2D eigenvalue weighted by molar-refractivity contribution is -0.124. The van der Waals surface area contributed by atoms with Crippen molar-refractivity contribution in [3.8, 4) is 0 Å². The molecule has 2 N–H and O–H groups in total. The van der Waals surface area contributed by atoms with Crippen LogP contribution in [0.25, 0.3) is 0 Å². The van der Waals surface area contributed by atoms with Crippen molar-refractivity contribution in [3.63, 3.8) is 0 Å². The van der Waals surface area contributed by atoms with Gasteiger partial charge in [0.15, 0.2) is 0 Å². The minimum absolute atomic E-state index is 0.0365. The number of urea groups is 1. The first-order valence-corrected chi connectivity index (χ1v) is 11.4. The Hall–Kier alpha value is -1.61. The fourth-order valence-corrected chi connectivity index (χ4v) is 3.99. The maximum Gasteiger partial charge on any atom is 0.318 e. The number of hydrogen-bond donors (Lipinski definition) is 2. The van der Waals surface area contributed by atoms with E-state index in [1.165, 1.54) is 6.26 Å². The number of benzene rings is 1. The van der Waals surface area contributed by atoms with Crippen molar-refractivity contribution >= 4 is 37.7 Å². The number of nitrogens with one attached hydrogen (secondary N) is 2. The number of rotatable bonds is 7. The number of carbonyl (C=O) groups excluding carboxylic acids is 2. The fourth-order valence-electron chi connectivity index (χ4n) is 2.87. The molecule has 0 spiro atoms. The zero-order valence-corrected chi connectivity index (χ0v) is 17.1. The summed E-state index contributed by atoms with van der Waals surface area (Å²) in [5.41, 5.74) is 0.966. The highest BCUT2D eigenvalue weighted by molar-refractivity contribution is 9.10. The first-order valence-electron chi connectivity index (χ1n) is 8.50. The molecule has 144 valence electrons. The lowest BCUT2D eigenvalue weighted by atomic mass is 10.2. The van der Waals surface area contributed by atoms with Gasteiger partial charge in [0.05, 0.1) is 5.75 Å². The number of sulfone groups is 1. The zero-order chi connectivity index (χ0) is 19.2. The Bertz CT molecular complexity index is 754. The maximum atomic E-state index is 12.4. The number of amides is 3. The Balaban J connectivity index is 1.82. The van der Waals surface area contributed by atoms with Crippen molar-refractivity contribution in [1.82, 2.24) is 15.5 Å². The van der Waals surface area contributed by atoms with Crippen molar-refractivity contribution in [2.45, 2.75) is 31.8 Å². The van der Waals surface area contributed by atoms with Crippen LogP contribution in [0.4, 0.5) is 4.79 Å². The van der Waals surface area contributed by atoms with Crippen LogP contribution in [0.2, 0.25) is 0 Å². The van der Waals surface area contributed by atoms with E-state index in [9.17, 15) is 18.0 Å². The smallest absolute Gasteiger partial charge is 0.318 e. The van der Waals surface area contributed by atoms with E-state index < -0.39 is 15.9 Å². The van der Waals surface area contributed by atoms with E-state index in [1.807, 2.05) is 24.3 Å². The molecule has 0 radical (unpaired) electrons. The zero-order valence-electron chi connectivity index (χ0n) is 14.7. The largest absolute Gasteiger partial charge is 0.354 e. The maximum absolute atomic E-state index is 12.4. The summed E-state index contributed by atoms with van der Waals surface area (Å²) in [5, 5.41) is 5.58. The van der Waals surface area contributed by atoms with E-state index in [0.717, 1.165) is 16.5 Å². The quantitative estimate of drug-likeness (QED) is 0.623. The number of nitrogens with zero attached hydrogens (tertiary/aromatic N) is 1. The molecule has 0 aromatic heterocycles. The lowest BCUT2D eigenvalue weighted by Crippen LogP contribution is -2.49. The van der Waals surface area contributed by atoms with E-state index in [-0.39, 0.29) is 24.2 Å². The van der Waals surface area contributed by atoms with Crippen molar-refractivity contribution in [3.05, 3.63) is 34.3 Å². The van der Waals surface area contributed by atoms with Crippen molar-refractivity contribution in [1.29, 1.82) is 0 Å². The first-order chi connectivity index (χ1) is 12.3. The Morgan fingerprint density at radius 2 is 2.08 bits per heavy atom. The predicted molar refractivity (Wildman–Crippen MR) is 103 cm³/mol. The third-order valence-electron chi connectivity index (χ3n) is 4.14. The average molecular weight is 446 g/mol. The summed E-state index contributed by atoms with van der Waals surface area (Å²) >= 11 is 3.39. The van der Waals surface area contributed by atoms with Crippen LogP contribution < -0.4 is 10.6 Å². The molecule has 0 saturated carbocycles. The predicted octanol–water partition coefficient (Wildman–Crippen LogP) is 1.67. The summed E-state index contributed by atoms with van der Waals surface area (Å²) in [7, 11) is -3.03. The van der Waals surface area contributed by atoms with Gasteiger partial charge in [0, 0.05) is 30.4 Å². The van der Waals surface area contributed by atoms with Crippen LogP contribution in [0.3, 0.4) is 0 Å². The summed E-state index contributed by atoms with van der Waals surface area (Å²) in [4.78, 5) is 26.3. The molecule has 1 aromatic carbocycles. The topological polar surface area (TPSA) is 95.6 Å². The average Bonchev–Trinajstić information content (AvgIpc) is 3.05. The SMILES string of the molecule is CS(=O)(=O)CCCNC(=O)[C@@H]1CCCN1C(=O)NCc1cccc(Br)c1. The molecule has 3 amide bonds. The normalized spacial score (nSPS) is 17.2. The van der Waals surface area contributed by atoms with Gasteiger partial charge in [-0.25, -0.2) is 13.2 Å². The highest BCUT2D eigenvalue weighted by atomic mass is 79.9. The van der Waals surface area contributed by atoms with Crippen molar-refractivity contribution in [2.75, 3.05) is 25.1 Å². The molecule has 1 heterocycles. The summed E-state index contributed by atoms with van der Waals surface area (Å²) in [5.74, 6) is -0.192. The minimum Gasteiger partial charge on any atom is -0.354 e. The Labute approximate surface area is 162 Å². The molecule has 1 aromatic rings. The van der Waals surface area contributed by atoms with Gasteiger partial charge in [-0.1, -0.05) is 28.1 Å². The molecule has 1 aliphatic rings. The van der Waals surface area contributed by atoms with Crippen molar-refractivity contribution < 1.29 is 18.0 Å². The number of hydrogen-bond acceptors (Lipinski definition) is 4. The minimum atomic E-state index is -3.03. The van der Waals surface area contributed by atoms with Gasteiger partial charge in [0.2, 0.25) is 5.91 Å². The van der Waals surface area contributed by atoms with Crippen LogP contribution >= 0.6 is 15.9 Å². The molecule has 1 saturated heterocycles. The van der Waals surface area contributed by atoms with Gasteiger partial charge in [-0.2, -0.15) is 0 Å². The number of carbonyl (C=O) groups is 2. The van der Waals surface area contributed by atoms with Crippen LogP contribution in [-0.2, 0) is 21.2 Å². The molecule has 26 heavy (non-hydrogen) atoms. The fraction of sp³-hybridized carbons (Fsp3) is 0.529. The van der Waals surface area contributed by atoms with Crippen LogP contribution in [0, 0.1) is 0 Å². The van der Waals surface area contributed by atoms with Crippen LogP contribution in [0.1, 0.15) is 24.8 Å². The molecule has 7 nitrogen and oxygen atoms in total. The molecule has 0 unspecified atom stereocenters. The second-order valence-electron chi connectivity index (χ2n) is 6.41. The summed E-state index contributed by atoms with van der Waals surface area (Å²) < 4.78 is 23.2. The highest BCUT2D eigenvalue weighted by Crippen LogP contribution is 2.18. The summed E-state index contributed by atoms with van der Waals surface area (Å²) in [6, 6.07) is 6.89. The van der Waals surface area contributed by atoms with Gasteiger partial charge in [-0.3, -0.25) is 4.79 Å². The first kappa shape index (κ1) is 20.7. The van der Waals surface area contributed by atoms with Gasteiger partial charge in [0.1, 0.15) is 15.9 Å². The number of halogens is 1. The van der Waals surface area contributed by atoms with Gasteiger partial charge in [-0.05, 0) is 37.0 Å². The van der Waals surface area contributed by atoms with Gasteiger partial charge >= 0.3 is 6.03 Å². The van der Waals surface area contributed by atoms with Crippen LogP contribution in [0.5, 0.6) is 0 Å². The molecule has 2 rings (SSSR count). The monoisotopic (exact) mass is 445 g/mol. The Kier molecular flexibility index (Phi) is 7.45. The third kappa shape index (κ3) is 6.60. The molecule has 9 heteroatoms.